The minimum atomic E-state index is -3.60. The Hall–Kier alpha value is -1.14. The van der Waals surface area contributed by atoms with E-state index in [1.807, 2.05) is 13.8 Å². The van der Waals surface area contributed by atoms with E-state index in [9.17, 15) is 13.2 Å². The first-order valence-corrected chi connectivity index (χ1v) is 9.91. The fraction of sp³-hybridized carbons (Fsp3) is 0.471. The van der Waals surface area contributed by atoms with E-state index in [0.29, 0.717) is 23.3 Å². The molecule has 23 heavy (non-hydrogen) atoms. The number of methoxy groups -OCH3 is 1. The number of sulfone groups is 1. The van der Waals surface area contributed by atoms with Gasteiger partial charge < -0.3 is 4.74 Å². The second-order valence-corrected chi connectivity index (χ2v) is 9.50. The largest absolute Gasteiger partial charge is 0.495 e. The summed E-state index contributed by atoms with van der Waals surface area (Å²) in [5, 5.41) is 0. The summed E-state index contributed by atoms with van der Waals surface area (Å²) in [6, 6.07) is 6.56. The molecule has 4 nitrogen and oxygen atoms in total. The van der Waals surface area contributed by atoms with E-state index in [0.717, 1.165) is 0 Å². The van der Waals surface area contributed by atoms with Crippen molar-refractivity contribution in [2.45, 2.75) is 36.9 Å². The van der Waals surface area contributed by atoms with E-state index >= 15 is 0 Å². The van der Waals surface area contributed by atoms with Crippen molar-refractivity contribution in [3.05, 3.63) is 35.4 Å². The first-order chi connectivity index (χ1) is 10.6. The van der Waals surface area contributed by atoms with Crippen LogP contribution in [0.25, 0.3) is 0 Å². The highest BCUT2D eigenvalue weighted by atomic mass is 79.9. The van der Waals surface area contributed by atoms with Crippen molar-refractivity contribution in [3.8, 4) is 5.75 Å². The number of alkyl halides is 1. The van der Waals surface area contributed by atoms with E-state index in [2.05, 4.69) is 15.9 Å². The number of Topliss-reactive ketones (excluding diaryl/α,β-unsaturated/α-hetero) is 1. The predicted octanol–water partition coefficient (Wildman–Crippen LogP) is 3.55. The number of rotatable bonds is 4. The average Bonchev–Trinajstić information content (AvgIpc) is 2.49. The smallest absolute Gasteiger partial charge is 0.185 e. The Labute approximate surface area is 146 Å². The third-order valence-electron chi connectivity index (χ3n) is 4.35. The van der Waals surface area contributed by atoms with Gasteiger partial charge in [-0.3, -0.25) is 4.79 Å². The molecule has 0 fully saturated rings. The molecule has 2 rings (SSSR count). The zero-order valence-electron chi connectivity index (χ0n) is 13.7. The van der Waals surface area contributed by atoms with Crippen LogP contribution in [-0.4, -0.2) is 31.9 Å². The standard InChI is InChI=1S/C17H21BrO4S/c1-11-12(17(2,3)9-13(18)16(11)19)10-23(20,21)15-8-6-5-7-14(15)22-4/h5-8,13H,9-10H2,1-4H3. The Kier molecular flexibility index (Phi) is 5.06. The van der Waals surface area contributed by atoms with E-state index < -0.39 is 9.84 Å². The van der Waals surface area contributed by atoms with Gasteiger partial charge in [0.1, 0.15) is 10.6 Å². The van der Waals surface area contributed by atoms with Gasteiger partial charge in [-0.05, 0) is 42.0 Å². The fourth-order valence-corrected chi connectivity index (χ4v) is 6.04. The molecule has 0 bridgehead atoms. The zero-order chi connectivity index (χ0) is 17.4. The van der Waals surface area contributed by atoms with Gasteiger partial charge in [0, 0.05) is 0 Å². The van der Waals surface area contributed by atoms with Crippen LogP contribution in [0.3, 0.4) is 0 Å². The molecule has 1 aromatic rings. The quantitative estimate of drug-likeness (QED) is 0.724. The molecule has 1 atom stereocenters. The Balaban J connectivity index is 2.49. The molecule has 1 aromatic carbocycles. The number of halogens is 1. The number of carbonyl (C=O) groups is 1. The number of hydrogen-bond acceptors (Lipinski definition) is 4. The van der Waals surface area contributed by atoms with Crippen LogP contribution in [0.5, 0.6) is 5.75 Å². The van der Waals surface area contributed by atoms with Crippen LogP contribution in [-0.2, 0) is 14.6 Å². The highest BCUT2D eigenvalue weighted by Gasteiger charge is 2.39. The van der Waals surface area contributed by atoms with E-state index in [4.69, 9.17) is 4.74 Å². The van der Waals surface area contributed by atoms with Crippen LogP contribution < -0.4 is 4.74 Å². The molecule has 0 heterocycles. The number of ether oxygens (including phenoxy) is 1. The molecule has 0 aliphatic heterocycles. The average molecular weight is 401 g/mol. The van der Waals surface area contributed by atoms with Gasteiger partial charge in [-0.25, -0.2) is 8.42 Å². The minimum Gasteiger partial charge on any atom is -0.495 e. The van der Waals surface area contributed by atoms with Crippen molar-refractivity contribution in [2.24, 2.45) is 5.41 Å². The summed E-state index contributed by atoms with van der Waals surface area (Å²) in [6.07, 6.45) is 0.583. The number of carbonyl (C=O) groups excluding carboxylic acids is 1. The zero-order valence-corrected chi connectivity index (χ0v) is 16.1. The van der Waals surface area contributed by atoms with Crippen molar-refractivity contribution in [1.82, 2.24) is 0 Å². The number of benzene rings is 1. The van der Waals surface area contributed by atoms with E-state index in [1.54, 1.807) is 25.1 Å². The Morgan fingerprint density at radius 2 is 1.91 bits per heavy atom. The molecule has 6 heteroatoms. The summed E-state index contributed by atoms with van der Waals surface area (Å²) in [5.41, 5.74) is 0.868. The van der Waals surface area contributed by atoms with Crippen LogP contribution in [0.2, 0.25) is 0 Å². The Morgan fingerprint density at radius 1 is 1.30 bits per heavy atom. The molecule has 0 N–H and O–H groups in total. The summed E-state index contributed by atoms with van der Waals surface area (Å²) in [7, 11) is -2.15. The Morgan fingerprint density at radius 3 is 2.52 bits per heavy atom. The monoisotopic (exact) mass is 400 g/mol. The maximum atomic E-state index is 12.9. The maximum absolute atomic E-state index is 12.9. The highest BCUT2D eigenvalue weighted by molar-refractivity contribution is 9.10. The van der Waals surface area contributed by atoms with Crippen LogP contribution in [0.4, 0.5) is 0 Å². The van der Waals surface area contributed by atoms with Gasteiger partial charge in [-0.1, -0.05) is 41.9 Å². The summed E-state index contributed by atoms with van der Waals surface area (Å²) in [6.45, 7) is 5.67. The van der Waals surface area contributed by atoms with Gasteiger partial charge in [0.2, 0.25) is 0 Å². The van der Waals surface area contributed by atoms with Crippen molar-refractivity contribution in [1.29, 1.82) is 0 Å². The second-order valence-electron chi connectivity index (χ2n) is 6.43. The lowest BCUT2D eigenvalue weighted by atomic mass is 9.73. The van der Waals surface area contributed by atoms with Gasteiger partial charge in [-0.15, -0.1) is 0 Å². The van der Waals surface area contributed by atoms with Gasteiger partial charge >= 0.3 is 0 Å². The molecule has 0 radical (unpaired) electrons. The lowest BCUT2D eigenvalue weighted by Crippen LogP contribution is -2.35. The number of allylic oxidation sites excluding steroid dienone is 1. The summed E-state index contributed by atoms with van der Waals surface area (Å²) in [4.78, 5) is 12.1. The molecule has 0 saturated heterocycles. The maximum Gasteiger partial charge on any atom is 0.185 e. The Bertz CT molecular complexity index is 763. The third-order valence-corrected chi connectivity index (χ3v) is 6.77. The highest BCUT2D eigenvalue weighted by Crippen LogP contribution is 2.42. The lowest BCUT2D eigenvalue weighted by molar-refractivity contribution is -0.116. The molecular formula is C17H21BrO4S. The van der Waals surface area contributed by atoms with Crippen LogP contribution >= 0.6 is 15.9 Å². The summed E-state index contributed by atoms with van der Waals surface area (Å²) < 4.78 is 30.9. The van der Waals surface area contributed by atoms with E-state index in [1.165, 1.54) is 13.2 Å². The fourth-order valence-electron chi connectivity index (χ4n) is 3.00. The van der Waals surface area contributed by atoms with Crippen molar-refractivity contribution in [3.63, 3.8) is 0 Å². The van der Waals surface area contributed by atoms with Gasteiger partial charge in [-0.2, -0.15) is 0 Å². The van der Waals surface area contributed by atoms with E-state index in [-0.39, 0.29) is 26.7 Å². The third kappa shape index (κ3) is 3.53. The van der Waals surface area contributed by atoms with Gasteiger partial charge in [0.25, 0.3) is 0 Å². The molecule has 0 saturated carbocycles. The molecule has 1 aliphatic rings. The van der Waals surface area contributed by atoms with Gasteiger partial charge in [0.15, 0.2) is 15.6 Å². The normalized spacial score (nSPS) is 21.4. The van der Waals surface area contributed by atoms with Crippen molar-refractivity contribution >= 4 is 31.6 Å². The van der Waals surface area contributed by atoms with Gasteiger partial charge in [0.05, 0.1) is 17.7 Å². The molecule has 0 aromatic heterocycles. The number of ketones is 1. The second kappa shape index (κ2) is 6.40. The minimum absolute atomic E-state index is 0.0328. The van der Waals surface area contributed by atoms with Crippen molar-refractivity contribution < 1.29 is 17.9 Å². The first kappa shape index (κ1) is 18.2. The molecule has 1 unspecified atom stereocenters. The van der Waals surface area contributed by atoms with Crippen LogP contribution in [0, 0.1) is 5.41 Å². The summed E-state index contributed by atoms with van der Waals surface area (Å²) in [5.74, 6) is 0.121. The SMILES string of the molecule is COc1ccccc1S(=O)(=O)CC1=C(C)C(=O)C(Br)CC1(C)C. The van der Waals surface area contributed by atoms with Crippen LogP contribution in [0.1, 0.15) is 27.2 Å². The molecule has 126 valence electrons. The van der Waals surface area contributed by atoms with Crippen molar-refractivity contribution in [2.75, 3.05) is 12.9 Å². The first-order valence-electron chi connectivity index (χ1n) is 7.34. The van der Waals surface area contributed by atoms with Crippen LogP contribution in [0.15, 0.2) is 40.3 Å². The molecule has 1 aliphatic carbocycles. The number of para-hydroxylation sites is 1. The predicted molar refractivity (Wildman–Crippen MR) is 93.9 cm³/mol. The molecule has 0 spiro atoms. The molecular weight excluding hydrogens is 380 g/mol. The molecule has 0 amide bonds. The lowest BCUT2D eigenvalue weighted by Gasteiger charge is -2.36. The topological polar surface area (TPSA) is 60.4 Å². The number of hydrogen-bond donors (Lipinski definition) is 0. The summed E-state index contributed by atoms with van der Waals surface area (Å²) >= 11 is 3.39.